The zero-order chi connectivity index (χ0) is 75.8. The molecule has 6 fully saturated rings. The Morgan fingerprint density at radius 2 is 0.241 bits per heavy atom. The van der Waals surface area contributed by atoms with Crippen LogP contribution in [0.25, 0.3) is 0 Å². The summed E-state index contributed by atoms with van der Waals surface area (Å²) in [5, 5.41) is 0. The maximum absolute atomic E-state index is 7.78. The van der Waals surface area contributed by atoms with Crippen LogP contribution in [0.4, 0.5) is 0 Å². The number of hydrogen-bond donors (Lipinski definition) is 0. The first-order chi connectivity index (χ1) is 53.4. The Labute approximate surface area is 673 Å². The van der Waals surface area contributed by atoms with Gasteiger partial charge < -0.3 is 28.4 Å². The van der Waals surface area contributed by atoms with Crippen molar-refractivity contribution in [2.75, 3.05) is 39.6 Å². The van der Waals surface area contributed by atoms with Crippen molar-refractivity contribution in [3.63, 3.8) is 0 Å². The molecule has 1 aromatic rings. The first-order valence-corrected chi connectivity index (χ1v) is 50.4. The van der Waals surface area contributed by atoms with Gasteiger partial charge in [0.25, 0.3) is 0 Å². The van der Waals surface area contributed by atoms with E-state index < -0.39 is 0 Å². The Balaban J connectivity index is 1.21. The third-order valence-electron chi connectivity index (χ3n) is 29.1. The smallest absolute Gasteiger partial charge is 0.211 e. The van der Waals surface area contributed by atoms with Crippen LogP contribution in [0.5, 0.6) is 34.5 Å². The molecule has 0 N–H and O–H groups in total. The molecule has 0 spiro atoms. The van der Waals surface area contributed by atoms with Crippen LogP contribution in [0.15, 0.2) is 0 Å². The third-order valence-corrected chi connectivity index (χ3v) is 29.1. The largest absolute Gasteiger partial charge is 0.486 e. The van der Waals surface area contributed by atoms with Crippen molar-refractivity contribution in [1.29, 1.82) is 0 Å². The minimum absolute atomic E-state index is 0.507. The first kappa shape index (κ1) is 93.2. The third kappa shape index (κ3) is 40.1. The average Bonchev–Trinajstić information content (AvgIpc) is 0.762. The number of unbranched alkanes of at least 4 members (excludes halogenated alkanes) is 36. The normalized spacial score (nSPS) is 24.9. The molecule has 108 heavy (non-hydrogen) atoms. The highest BCUT2D eigenvalue weighted by Gasteiger charge is 2.38. The van der Waals surface area contributed by atoms with Gasteiger partial charge in [-0.3, -0.25) is 0 Å². The molecule has 0 radical (unpaired) electrons. The summed E-state index contributed by atoms with van der Waals surface area (Å²) in [7, 11) is 0. The highest BCUT2D eigenvalue weighted by Crippen LogP contribution is 2.60. The fourth-order valence-electron chi connectivity index (χ4n) is 21.1. The van der Waals surface area contributed by atoms with Crippen molar-refractivity contribution in [1.82, 2.24) is 0 Å². The van der Waals surface area contributed by atoms with Gasteiger partial charge in [0.2, 0.25) is 34.5 Å². The summed E-state index contributed by atoms with van der Waals surface area (Å²) < 4.78 is 46.7. The summed E-state index contributed by atoms with van der Waals surface area (Å²) in [4.78, 5) is 0. The standard InChI is InChI=1S/C102H186O6/c1-7-13-19-25-31-37-43-49-85-55-67-91(68-56-85)79-103-97-98(104-80-92-69-57-86(58-70-92)50-44-38-32-26-20-14-8-2)100(106-82-94-73-61-88(62-74-94)52-46-40-34-28-22-16-10-4)102(108-84-96-77-65-90(66-78-96)54-48-42-36-30-24-18-12-6)101(107-83-95-75-63-89(64-76-95)53-47-41-35-29-23-17-11-5)99(97)105-81-93-71-59-87(60-72-93)51-45-39-33-27-21-15-9-3/h85-96H,7-84H2,1-6H3. The number of benzene rings is 1. The van der Waals surface area contributed by atoms with Crippen molar-refractivity contribution in [3.8, 4) is 34.5 Å². The fourth-order valence-corrected chi connectivity index (χ4v) is 21.1. The SMILES string of the molecule is CCCCCCCCCC1CCC(COc2c(OCC3CCC(CCCCCCCCC)CC3)c(OCC3CCC(CCCCCCCCC)CC3)c(OCC3CCC(CCCCCCCCC)CC3)c(OCC3CCC(CCCCCCCCC)CC3)c2OCC2CCC(CCCCCCCCC)CC2)CC1. The van der Waals surface area contributed by atoms with E-state index in [9.17, 15) is 0 Å². The lowest BCUT2D eigenvalue weighted by Crippen LogP contribution is -2.25. The molecule has 0 bridgehead atoms. The molecule has 6 saturated carbocycles. The lowest BCUT2D eigenvalue weighted by atomic mass is 9.80. The van der Waals surface area contributed by atoms with Gasteiger partial charge in [0, 0.05) is 0 Å². The van der Waals surface area contributed by atoms with Gasteiger partial charge in [0.1, 0.15) is 0 Å². The second-order valence-electron chi connectivity index (χ2n) is 38.6. The van der Waals surface area contributed by atoms with Crippen LogP contribution < -0.4 is 28.4 Å². The van der Waals surface area contributed by atoms with Gasteiger partial charge >= 0.3 is 0 Å². The molecule has 0 atom stereocenters. The lowest BCUT2D eigenvalue weighted by molar-refractivity contribution is 0.117. The summed E-state index contributed by atoms with van der Waals surface area (Å²) in [5.41, 5.74) is 0. The zero-order valence-corrected chi connectivity index (χ0v) is 73.5. The van der Waals surface area contributed by atoms with Gasteiger partial charge in [-0.2, -0.15) is 0 Å². The molecule has 0 amide bonds. The number of hydrogen-bond acceptors (Lipinski definition) is 6. The molecule has 0 unspecified atom stereocenters. The molecule has 0 heterocycles. The van der Waals surface area contributed by atoms with Crippen molar-refractivity contribution in [2.45, 2.75) is 504 Å². The predicted octanol–water partition coefficient (Wildman–Crippen LogP) is 33.6. The van der Waals surface area contributed by atoms with E-state index in [2.05, 4.69) is 41.5 Å². The molecule has 6 nitrogen and oxygen atoms in total. The Morgan fingerprint density at radius 3 is 0.361 bits per heavy atom. The van der Waals surface area contributed by atoms with Gasteiger partial charge in [0.15, 0.2) is 0 Å². The summed E-state index contributed by atoms with van der Waals surface area (Å²) in [6.07, 6.45) is 98.2. The molecule has 6 heteroatoms. The molecule has 0 saturated heterocycles. The second kappa shape index (κ2) is 61.4. The van der Waals surface area contributed by atoms with Crippen LogP contribution in [0.3, 0.4) is 0 Å². The van der Waals surface area contributed by atoms with Crippen molar-refractivity contribution in [3.05, 3.63) is 0 Å². The Bertz CT molecular complexity index is 1780. The molecular formula is C102H186O6. The molecule has 1 aromatic carbocycles. The van der Waals surface area contributed by atoms with Gasteiger partial charge in [0.05, 0.1) is 39.6 Å². The zero-order valence-electron chi connectivity index (χ0n) is 73.5. The topological polar surface area (TPSA) is 55.4 Å². The summed E-state index contributed by atoms with van der Waals surface area (Å²) >= 11 is 0. The molecule has 630 valence electrons. The van der Waals surface area contributed by atoms with Crippen LogP contribution in [0.1, 0.15) is 504 Å². The average molecular weight is 1510 g/mol. The van der Waals surface area contributed by atoms with Gasteiger partial charge in [-0.05, 0) is 148 Å². The van der Waals surface area contributed by atoms with Crippen LogP contribution in [0, 0.1) is 71.0 Å². The maximum Gasteiger partial charge on any atom is 0.211 e. The van der Waals surface area contributed by atoms with E-state index in [0.717, 1.165) is 70.0 Å². The minimum Gasteiger partial charge on any atom is -0.486 e. The Kier molecular flexibility index (Phi) is 53.0. The summed E-state index contributed by atoms with van der Waals surface area (Å²) in [6.45, 7) is 18.2. The van der Waals surface area contributed by atoms with Gasteiger partial charge in [-0.15, -0.1) is 0 Å². The predicted molar refractivity (Wildman–Crippen MR) is 468 cm³/mol. The summed E-state index contributed by atoms with van der Waals surface area (Å²) in [6, 6.07) is 0. The molecule has 0 aromatic heterocycles. The fraction of sp³-hybridized carbons (Fsp3) is 0.941. The number of ether oxygens (including phenoxy) is 6. The van der Waals surface area contributed by atoms with E-state index in [0.29, 0.717) is 75.1 Å². The van der Waals surface area contributed by atoms with Crippen molar-refractivity contribution in [2.24, 2.45) is 71.0 Å². The van der Waals surface area contributed by atoms with E-state index in [1.54, 1.807) is 0 Å². The second-order valence-corrected chi connectivity index (χ2v) is 38.6. The maximum atomic E-state index is 7.78. The highest BCUT2D eigenvalue weighted by molar-refractivity contribution is 5.74. The van der Waals surface area contributed by atoms with E-state index in [-0.39, 0.29) is 0 Å². The van der Waals surface area contributed by atoms with Gasteiger partial charge in [-0.1, -0.05) is 427 Å². The van der Waals surface area contributed by atoms with Crippen LogP contribution in [-0.2, 0) is 0 Å². The number of rotatable bonds is 66. The van der Waals surface area contributed by atoms with E-state index in [1.165, 1.54) is 462 Å². The van der Waals surface area contributed by atoms with Crippen LogP contribution in [0.2, 0.25) is 0 Å². The van der Waals surface area contributed by atoms with E-state index in [4.69, 9.17) is 28.4 Å². The summed E-state index contributed by atoms with van der Waals surface area (Å²) in [5.74, 6) is 12.9. The van der Waals surface area contributed by atoms with E-state index in [1.807, 2.05) is 0 Å². The molecule has 7 rings (SSSR count). The quantitative estimate of drug-likeness (QED) is 0.0606. The Morgan fingerprint density at radius 1 is 0.139 bits per heavy atom. The lowest BCUT2D eigenvalue weighted by Gasteiger charge is -2.34. The van der Waals surface area contributed by atoms with Crippen LogP contribution >= 0.6 is 0 Å². The van der Waals surface area contributed by atoms with Crippen LogP contribution in [-0.4, -0.2) is 39.6 Å². The monoisotopic (exact) mass is 1510 g/mol. The van der Waals surface area contributed by atoms with E-state index >= 15 is 0 Å². The molecular weight excluding hydrogens is 1320 g/mol. The van der Waals surface area contributed by atoms with Gasteiger partial charge in [-0.25, -0.2) is 0 Å². The minimum atomic E-state index is 0.507. The molecule has 6 aliphatic carbocycles. The van der Waals surface area contributed by atoms with Crippen molar-refractivity contribution < 1.29 is 28.4 Å². The van der Waals surface area contributed by atoms with Crippen molar-refractivity contribution >= 4 is 0 Å². The highest BCUT2D eigenvalue weighted by atomic mass is 16.6. The first-order valence-electron chi connectivity index (χ1n) is 50.4. The molecule has 0 aliphatic heterocycles. The Hall–Kier alpha value is -1.98. The molecule has 6 aliphatic rings.